The van der Waals surface area contributed by atoms with Crippen molar-refractivity contribution in [2.75, 3.05) is 18.1 Å². The summed E-state index contributed by atoms with van der Waals surface area (Å²) in [4.78, 5) is 23.1. The van der Waals surface area contributed by atoms with Crippen LogP contribution in [0.3, 0.4) is 0 Å². The number of alkyl carbamates (subject to hydrolysis) is 1. The molecule has 17 heavy (non-hydrogen) atoms. The van der Waals surface area contributed by atoms with Gasteiger partial charge in [0.2, 0.25) is 5.91 Å². The summed E-state index contributed by atoms with van der Waals surface area (Å²) in [6, 6.07) is 7.23. The number of imide groups is 1. The molecule has 1 rings (SSSR count). The summed E-state index contributed by atoms with van der Waals surface area (Å²) in [5, 5.41) is 2.11. The number of hydrogen-bond acceptors (Lipinski definition) is 5. The van der Waals surface area contributed by atoms with Crippen LogP contribution in [0.5, 0.6) is 0 Å². The number of nitrogens with one attached hydrogen (secondary N) is 1. The van der Waals surface area contributed by atoms with Crippen LogP contribution >= 0.6 is 11.8 Å². The molecule has 0 heterocycles. The monoisotopic (exact) mass is 254 g/mol. The molecule has 92 valence electrons. The highest BCUT2D eigenvalue weighted by Crippen LogP contribution is 2.23. The number of benzene rings is 1. The summed E-state index contributed by atoms with van der Waals surface area (Å²) in [6.07, 6.45) is -0.723. The molecule has 6 heteroatoms. The Bertz CT molecular complexity index is 409. The minimum absolute atomic E-state index is 0.118. The number of para-hydroxylation sites is 1. The summed E-state index contributed by atoms with van der Waals surface area (Å²) >= 11 is 1.27. The average Bonchev–Trinajstić information content (AvgIpc) is 2.28. The van der Waals surface area contributed by atoms with Crippen molar-refractivity contribution >= 4 is 29.4 Å². The van der Waals surface area contributed by atoms with E-state index in [1.807, 2.05) is 18.2 Å². The van der Waals surface area contributed by atoms with Gasteiger partial charge in [-0.1, -0.05) is 12.1 Å². The third-order valence-electron chi connectivity index (χ3n) is 1.79. The van der Waals surface area contributed by atoms with Crippen molar-refractivity contribution in [2.24, 2.45) is 0 Å². The lowest BCUT2D eigenvalue weighted by atomic mass is 10.3. The van der Waals surface area contributed by atoms with Gasteiger partial charge < -0.3 is 10.5 Å². The average molecular weight is 254 g/mol. The standard InChI is InChI=1S/C11H14N2O3S/c1-2-16-11(15)13-10(14)7-17-9-6-4-3-5-8(9)12/h3-6H,2,7,12H2,1H3,(H,13,14,15). The maximum atomic E-state index is 11.3. The van der Waals surface area contributed by atoms with Crippen LogP contribution in [-0.2, 0) is 9.53 Å². The molecular weight excluding hydrogens is 240 g/mol. The number of nitrogens with two attached hydrogens (primary N) is 1. The number of anilines is 1. The first kappa shape index (κ1) is 13.4. The number of thioether (sulfide) groups is 1. The van der Waals surface area contributed by atoms with Gasteiger partial charge in [0.05, 0.1) is 12.4 Å². The van der Waals surface area contributed by atoms with Crippen LogP contribution < -0.4 is 11.1 Å². The zero-order valence-corrected chi connectivity index (χ0v) is 10.3. The quantitative estimate of drug-likeness (QED) is 0.630. The molecule has 0 bridgehead atoms. The van der Waals surface area contributed by atoms with Crippen LogP contribution in [0.25, 0.3) is 0 Å². The molecule has 0 saturated heterocycles. The normalized spacial score (nSPS) is 9.71. The predicted octanol–water partition coefficient (Wildman–Crippen LogP) is 1.63. The molecule has 0 saturated carbocycles. The van der Waals surface area contributed by atoms with E-state index in [1.165, 1.54) is 11.8 Å². The molecule has 3 N–H and O–H groups in total. The molecule has 0 radical (unpaired) electrons. The molecule has 1 aromatic rings. The highest BCUT2D eigenvalue weighted by Gasteiger charge is 2.09. The third kappa shape index (κ3) is 4.78. The van der Waals surface area contributed by atoms with Crippen molar-refractivity contribution in [1.29, 1.82) is 0 Å². The van der Waals surface area contributed by atoms with Crippen molar-refractivity contribution in [3.05, 3.63) is 24.3 Å². The topological polar surface area (TPSA) is 81.4 Å². The molecule has 5 nitrogen and oxygen atoms in total. The number of nitrogen functional groups attached to an aromatic ring is 1. The zero-order valence-electron chi connectivity index (χ0n) is 9.43. The molecule has 2 amide bonds. The van der Waals surface area contributed by atoms with Crippen molar-refractivity contribution in [2.45, 2.75) is 11.8 Å². The molecule has 0 aliphatic heterocycles. The van der Waals surface area contributed by atoms with Gasteiger partial charge in [-0.2, -0.15) is 0 Å². The van der Waals surface area contributed by atoms with Crippen LogP contribution in [0.1, 0.15) is 6.92 Å². The van der Waals surface area contributed by atoms with Crippen molar-refractivity contribution < 1.29 is 14.3 Å². The van der Waals surface area contributed by atoms with Crippen molar-refractivity contribution in [3.8, 4) is 0 Å². The Morgan fingerprint density at radius 2 is 2.12 bits per heavy atom. The lowest BCUT2D eigenvalue weighted by molar-refractivity contribution is -0.117. The molecule has 0 fully saturated rings. The molecule has 0 aromatic heterocycles. The number of hydrogen-bond donors (Lipinski definition) is 2. The van der Waals surface area contributed by atoms with Gasteiger partial charge in [0.1, 0.15) is 0 Å². The third-order valence-corrected chi connectivity index (χ3v) is 2.88. The Morgan fingerprint density at radius 3 is 2.76 bits per heavy atom. The molecule has 0 aliphatic carbocycles. The maximum absolute atomic E-state index is 11.3. The van der Waals surface area contributed by atoms with Crippen molar-refractivity contribution in [3.63, 3.8) is 0 Å². The van der Waals surface area contributed by atoms with Gasteiger partial charge in [0.15, 0.2) is 0 Å². The fourth-order valence-corrected chi connectivity index (χ4v) is 1.84. The van der Waals surface area contributed by atoms with E-state index >= 15 is 0 Å². The van der Waals surface area contributed by atoms with Gasteiger partial charge in [-0.15, -0.1) is 11.8 Å². The molecule has 0 aliphatic rings. The smallest absolute Gasteiger partial charge is 0.413 e. The summed E-state index contributed by atoms with van der Waals surface area (Å²) in [5.74, 6) is -0.288. The highest BCUT2D eigenvalue weighted by atomic mass is 32.2. The zero-order chi connectivity index (χ0) is 12.7. The minimum atomic E-state index is -0.723. The van der Waals surface area contributed by atoms with E-state index < -0.39 is 12.0 Å². The van der Waals surface area contributed by atoms with Gasteiger partial charge in [-0.3, -0.25) is 10.1 Å². The molecule has 1 aromatic carbocycles. The van der Waals surface area contributed by atoms with Crippen LogP contribution in [-0.4, -0.2) is 24.4 Å². The van der Waals surface area contributed by atoms with Crippen molar-refractivity contribution in [1.82, 2.24) is 5.32 Å². The van der Waals surface area contributed by atoms with Gasteiger partial charge in [0, 0.05) is 10.6 Å². The number of amides is 2. The second kappa shape index (κ2) is 6.80. The fraction of sp³-hybridized carbons (Fsp3) is 0.273. The lowest BCUT2D eigenvalue weighted by Gasteiger charge is -2.05. The Labute approximate surface area is 104 Å². The van der Waals surface area contributed by atoms with Gasteiger partial charge in [0.25, 0.3) is 0 Å². The Balaban J connectivity index is 2.38. The summed E-state index contributed by atoms with van der Waals surface area (Å²) in [7, 11) is 0. The van der Waals surface area contributed by atoms with E-state index in [4.69, 9.17) is 5.73 Å². The minimum Gasteiger partial charge on any atom is -0.450 e. The molecule has 0 spiro atoms. The number of rotatable bonds is 4. The molecule has 0 atom stereocenters. The second-order valence-corrected chi connectivity index (χ2v) is 4.11. The number of carbonyl (C=O) groups is 2. The summed E-state index contributed by atoms with van der Waals surface area (Å²) in [5.41, 5.74) is 6.32. The summed E-state index contributed by atoms with van der Waals surface area (Å²) in [6.45, 7) is 1.90. The Morgan fingerprint density at radius 1 is 1.41 bits per heavy atom. The Kier molecular flexibility index (Phi) is 5.35. The SMILES string of the molecule is CCOC(=O)NC(=O)CSc1ccccc1N. The first-order valence-electron chi connectivity index (χ1n) is 5.07. The van der Waals surface area contributed by atoms with E-state index in [1.54, 1.807) is 13.0 Å². The van der Waals surface area contributed by atoms with Gasteiger partial charge in [-0.25, -0.2) is 4.79 Å². The van der Waals surface area contributed by atoms with E-state index in [2.05, 4.69) is 10.1 Å². The van der Waals surface area contributed by atoms with E-state index in [0.29, 0.717) is 5.69 Å². The van der Waals surface area contributed by atoms with Crippen LogP contribution in [0.2, 0.25) is 0 Å². The summed E-state index contributed by atoms with van der Waals surface area (Å²) < 4.78 is 4.58. The fourth-order valence-electron chi connectivity index (χ4n) is 1.07. The highest BCUT2D eigenvalue weighted by molar-refractivity contribution is 8.00. The van der Waals surface area contributed by atoms with E-state index in [9.17, 15) is 9.59 Å². The number of ether oxygens (including phenoxy) is 1. The van der Waals surface area contributed by atoms with Crippen LogP contribution in [0.15, 0.2) is 29.2 Å². The molecule has 0 unspecified atom stereocenters. The van der Waals surface area contributed by atoms with E-state index in [-0.39, 0.29) is 12.4 Å². The first-order chi connectivity index (χ1) is 8.13. The largest absolute Gasteiger partial charge is 0.450 e. The number of carbonyl (C=O) groups excluding carboxylic acids is 2. The maximum Gasteiger partial charge on any atom is 0.413 e. The van der Waals surface area contributed by atoms with E-state index in [0.717, 1.165) is 4.90 Å². The second-order valence-electron chi connectivity index (χ2n) is 3.10. The van der Waals surface area contributed by atoms with Crippen LogP contribution in [0, 0.1) is 0 Å². The Hall–Kier alpha value is -1.69. The van der Waals surface area contributed by atoms with Crippen LogP contribution in [0.4, 0.5) is 10.5 Å². The predicted molar refractivity (Wildman–Crippen MR) is 66.7 cm³/mol. The first-order valence-corrected chi connectivity index (χ1v) is 6.06. The van der Waals surface area contributed by atoms with Gasteiger partial charge in [-0.05, 0) is 19.1 Å². The van der Waals surface area contributed by atoms with Gasteiger partial charge >= 0.3 is 6.09 Å². The lowest BCUT2D eigenvalue weighted by Crippen LogP contribution is -2.32. The molecular formula is C11H14N2O3S.